The van der Waals surface area contributed by atoms with Gasteiger partial charge in [0, 0.05) is 27.1 Å². The van der Waals surface area contributed by atoms with Crippen molar-refractivity contribution in [3.63, 3.8) is 0 Å². The summed E-state index contributed by atoms with van der Waals surface area (Å²) in [5.41, 5.74) is 0. The Bertz CT molecular complexity index is 264. The number of hydrogen-bond donors (Lipinski definition) is 1. The summed E-state index contributed by atoms with van der Waals surface area (Å²) < 4.78 is 0. The zero-order chi connectivity index (χ0) is 11.4. The highest BCUT2D eigenvalue weighted by molar-refractivity contribution is 6.36. The standard InChI is InChI=1S/C5H8N2O2.C4H7NO/c1-6-3-7(2)5(9)4(6)8;6-4-2-1-3-5-4/h3H2,1-2H3;1-3H2,(H,5,6). The van der Waals surface area contributed by atoms with Gasteiger partial charge in [0.2, 0.25) is 5.91 Å². The fourth-order valence-electron chi connectivity index (χ4n) is 1.34. The Hall–Kier alpha value is -1.59. The normalized spacial score (nSPS) is 20.3. The third-order valence-electron chi connectivity index (χ3n) is 2.20. The highest BCUT2D eigenvalue weighted by atomic mass is 16.2. The van der Waals surface area contributed by atoms with Gasteiger partial charge in [-0.05, 0) is 6.42 Å². The maximum absolute atomic E-state index is 10.7. The maximum Gasteiger partial charge on any atom is 0.313 e. The monoisotopic (exact) mass is 213 g/mol. The number of carbonyl (C=O) groups excluding carboxylic acids is 3. The molecule has 2 heterocycles. The number of amides is 3. The summed E-state index contributed by atoms with van der Waals surface area (Å²) in [5.74, 6) is -0.634. The summed E-state index contributed by atoms with van der Waals surface area (Å²) in [6.07, 6.45) is 1.76. The highest BCUT2D eigenvalue weighted by Gasteiger charge is 2.30. The molecule has 2 saturated heterocycles. The molecule has 1 N–H and O–H groups in total. The Labute approximate surface area is 88.2 Å². The second-order valence-electron chi connectivity index (χ2n) is 3.60. The number of carbonyl (C=O) groups is 3. The maximum atomic E-state index is 10.7. The highest BCUT2D eigenvalue weighted by Crippen LogP contribution is 2.00. The van der Waals surface area contributed by atoms with Crippen LogP contribution in [0.25, 0.3) is 0 Å². The SMILES string of the molecule is CN1CN(C)C(=O)C1=O.O=C1CCCN1. The number of likely N-dealkylation sites (N-methyl/N-ethyl adjacent to an activating group) is 2. The van der Waals surface area contributed by atoms with Crippen LogP contribution < -0.4 is 5.32 Å². The van der Waals surface area contributed by atoms with Gasteiger partial charge in [0.05, 0.1) is 6.67 Å². The van der Waals surface area contributed by atoms with Gasteiger partial charge in [-0.15, -0.1) is 0 Å². The summed E-state index contributed by atoms with van der Waals surface area (Å²) in [6, 6.07) is 0. The summed E-state index contributed by atoms with van der Waals surface area (Å²) in [7, 11) is 3.20. The van der Waals surface area contributed by atoms with Crippen LogP contribution in [0.5, 0.6) is 0 Å². The Morgan fingerprint density at radius 3 is 1.73 bits per heavy atom. The van der Waals surface area contributed by atoms with Crippen molar-refractivity contribution < 1.29 is 14.4 Å². The van der Waals surface area contributed by atoms with Crippen molar-refractivity contribution in [2.75, 3.05) is 27.3 Å². The van der Waals surface area contributed by atoms with Crippen molar-refractivity contribution in [3.05, 3.63) is 0 Å². The molecule has 84 valence electrons. The average Bonchev–Trinajstić information content (AvgIpc) is 2.73. The topological polar surface area (TPSA) is 69.7 Å². The first-order chi connectivity index (χ1) is 7.02. The lowest BCUT2D eigenvalue weighted by Gasteiger charge is -2.06. The molecule has 0 atom stereocenters. The molecule has 0 aromatic rings. The molecule has 0 spiro atoms. The molecule has 0 saturated carbocycles. The summed E-state index contributed by atoms with van der Waals surface area (Å²) in [6.45, 7) is 1.30. The third-order valence-corrected chi connectivity index (χ3v) is 2.20. The molecule has 0 radical (unpaired) electrons. The van der Waals surface area contributed by atoms with Gasteiger partial charge in [-0.2, -0.15) is 0 Å². The number of rotatable bonds is 0. The smallest absolute Gasteiger partial charge is 0.313 e. The van der Waals surface area contributed by atoms with Crippen LogP contribution in [-0.2, 0) is 14.4 Å². The van der Waals surface area contributed by atoms with E-state index in [0.717, 1.165) is 19.4 Å². The van der Waals surface area contributed by atoms with Crippen LogP contribution >= 0.6 is 0 Å². The first-order valence-electron chi connectivity index (χ1n) is 4.79. The molecule has 0 bridgehead atoms. The van der Waals surface area contributed by atoms with Crippen molar-refractivity contribution in [2.45, 2.75) is 12.8 Å². The Morgan fingerprint density at radius 1 is 1.07 bits per heavy atom. The molecule has 15 heavy (non-hydrogen) atoms. The second kappa shape index (κ2) is 4.77. The fraction of sp³-hybridized carbons (Fsp3) is 0.667. The summed E-state index contributed by atoms with van der Waals surface area (Å²) >= 11 is 0. The van der Waals surface area contributed by atoms with Crippen molar-refractivity contribution in [3.8, 4) is 0 Å². The molecule has 2 aliphatic heterocycles. The van der Waals surface area contributed by atoms with E-state index in [0.29, 0.717) is 6.67 Å². The lowest BCUT2D eigenvalue weighted by Crippen LogP contribution is -2.23. The molecule has 0 aromatic carbocycles. The van der Waals surface area contributed by atoms with E-state index in [1.54, 1.807) is 14.1 Å². The summed E-state index contributed by atoms with van der Waals surface area (Å²) in [4.78, 5) is 34.2. The zero-order valence-electron chi connectivity index (χ0n) is 8.95. The molecular formula is C9H15N3O3. The number of nitrogens with one attached hydrogen (secondary N) is 1. The van der Waals surface area contributed by atoms with E-state index in [9.17, 15) is 14.4 Å². The Kier molecular flexibility index (Phi) is 3.65. The van der Waals surface area contributed by atoms with Crippen LogP contribution in [0.4, 0.5) is 0 Å². The zero-order valence-corrected chi connectivity index (χ0v) is 8.95. The van der Waals surface area contributed by atoms with Crippen molar-refractivity contribution in [1.82, 2.24) is 15.1 Å². The van der Waals surface area contributed by atoms with Crippen molar-refractivity contribution in [1.29, 1.82) is 0 Å². The van der Waals surface area contributed by atoms with Gasteiger partial charge >= 0.3 is 11.8 Å². The van der Waals surface area contributed by atoms with Crippen LogP contribution in [0.3, 0.4) is 0 Å². The van der Waals surface area contributed by atoms with Gasteiger partial charge in [0.15, 0.2) is 0 Å². The van der Waals surface area contributed by atoms with E-state index >= 15 is 0 Å². The van der Waals surface area contributed by atoms with Gasteiger partial charge in [0.1, 0.15) is 0 Å². The average molecular weight is 213 g/mol. The molecule has 6 nitrogen and oxygen atoms in total. The molecule has 0 unspecified atom stereocenters. The van der Waals surface area contributed by atoms with E-state index in [4.69, 9.17) is 0 Å². The Balaban J connectivity index is 0.000000162. The molecule has 0 aromatic heterocycles. The largest absolute Gasteiger partial charge is 0.356 e. The van der Waals surface area contributed by atoms with Crippen molar-refractivity contribution >= 4 is 17.7 Å². The van der Waals surface area contributed by atoms with Crippen LogP contribution in [0.15, 0.2) is 0 Å². The first-order valence-corrected chi connectivity index (χ1v) is 4.79. The minimum Gasteiger partial charge on any atom is -0.356 e. The van der Waals surface area contributed by atoms with Crippen molar-refractivity contribution in [2.24, 2.45) is 0 Å². The lowest BCUT2D eigenvalue weighted by molar-refractivity contribution is -0.142. The van der Waals surface area contributed by atoms with Gasteiger partial charge in [-0.1, -0.05) is 0 Å². The van der Waals surface area contributed by atoms with Crippen LogP contribution in [0.2, 0.25) is 0 Å². The quantitative estimate of drug-likeness (QED) is 0.512. The Morgan fingerprint density at radius 2 is 1.60 bits per heavy atom. The predicted molar refractivity (Wildman–Crippen MR) is 52.7 cm³/mol. The van der Waals surface area contributed by atoms with E-state index < -0.39 is 11.8 Å². The summed E-state index contributed by atoms with van der Waals surface area (Å²) in [5, 5.41) is 2.68. The minimum atomic E-state index is -0.419. The van der Waals surface area contributed by atoms with E-state index in [-0.39, 0.29) is 5.91 Å². The fourth-order valence-corrected chi connectivity index (χ4v) is 1.34. The first kappa shape index (κ1) is 11.5. The van der Waals surface area contributed by atoms with Gasteiger partial charge in [0.25, 0.3) is 0 Å². The number of hydrogen-bond acceptors (Lipinski definition) is 3. The minimum absolute atomic E-state index is 0.204. The van der Waals surface area contributed by atoms with Crippen LogP contribution in [0, 0.1) is 0 Å². The third kappa shape index (κ3) is 2.93. The van der Waals surface area contributed by atoms with E-state index in [1.165, 1.54) is 9.80 Å². The van der Waals surface area contributed by atoms with Gasteiger partial charge in [-0.3, -0.25) is 14.4 Å². The molecule has 2 fully saturated rings. The molecular weight excluding hydrogens is 198 g/mol. The molecule has 2 aliphatic rings. The van der Waals surface area contributed by atoms with Gasteiger partial charge in [-0.25, -0.2) is 0 Å². The molecule has 6 heteroatoms. The van der Waals surface area contributed by atoms with Crippen LogP contribution in [0.1, 0.15) is 12.8 Å². The van der Waals surface area contributed by atoms with E-state index in [1.807, 2.05) is 0 Å². The second-order valence-corrected chi connectivity index (χ2v) is 3.60. The lowest BCUT2D eigenvalue weighted by atomic mass is 10.4. The molecule has 2 rings (SSSR count). The molecule has 0 aliphatic carbocycles. The molecule has 3 amide bonds. The number of nitrogens with zero attached hydrogens (tertiary/aromatic N) is 2. The van der Waals surface area contributed by atoms with Crippen LogP contribution in [-0.4, -0.2) is 54.8 Å². The predicted octanol–water partition coefficient (Wildman–Crippen LogP) is -1.23. The van der Waals surface area contributed by atoms with E-state index in [2.05, 4.69) is 5.32 Å². The van der Waals surface area contributed by atoms with Gasteiger partial charge < -0.3 is 15.1 Å².